The SMILES string of the molecule is Cc1ccc2nc3c(c(C(=O)NCCCN4CCCC(C(N)=O)C4)c2c1)CCCC3. The van der Waals surface area contributed by atoms with Gasteiger partial charge in [-0.05, 0) is 82.7 Å². The minimum atomic E-state index is -0.197. The number of likely N-dealkylation sites (tertiary alicyclic amines) is 1. The molecule has 30 heavy (non-hydrogen) atoms. The number of hydrogen-bond donors (Lipinski definition) is 2. The van der Waals surface area contributed by atoms with Gasteiger partial charge in [-0.15, -0.1) is 0 Å². The number of pyridine rings is 1. The summed E-state index contributed by atoms with van der Waals surface area (Å²) in [6.07, 6.45) is 6.90. The summed E-state index contributed by atoms with van der Waals surface area (Å²) in [5.74, 6) is -0.219. The zero-order valence-electron chi connectivity index (χ0n) is 17.9. The van der Waals surface area contributed by atoms with Crippen molar-refractivity contribution in [3.8, 4) is 0 Å². The average molecular weight is 409 g/mol. The number of amides is 2. The highest BCUT2D eigenvalue weighted by atomic mass is 16.2. The maximum Gasteiger partial charge on any atom is 0.252 e. The van der Waals surface area contributed by atoms with E-state index in [0.717, 1.165) is 97.9 Å². The van der Waals surface area contributed by atoms with E-state index >= 15 is 0 Å². The van der Waals surface area contributed by atoms with E-state index in [1.807, 2.05) is 6.07 Å². The Morgan fingerprint density at radius 2 is 2.07 bits per heavy atom. The molecule has 2 amide bonds. The van der Waals surface area contributed by atoms with Crippen LogP contribution in [0.5, 0.6) is 0 Å². The van der Waals surface area contributed by atoms with E-state index in [-0.39, 0.29) is 17.7 Å². The van der Waals surface area contributed by atoms with Crippen LogP contribution in [0, 0.1) is 12.8 Å². The fourth-order valence-corrected chi connectivity index (χ4v) is 4.88. The van der Waals surface area contributed by atoms with Crippen molar-refractivity contribution in [3.63, 3.8) is 0 Å². The molecule has 1 aliphatic carbocycles. The predicted octanol–water partition coefficient (Wildman–Crippen LogP) is 2.74. The van der Waals surface area contributed by atoms with Crippen molar-refractivity contribution >= 4 is 22.7 Å². The maximum atomic E-state index is 13.2. The first kappa shape index (κ1) is 20.8. The highest BCUT2D eigenvalue weighted by Gasteiger charge is 2.24. The van der Waals surface area contributed by atoms with Crippen LogP contribution >= 0.6 is 0 Å². The van der Waals surface area contributed by atoms with Crippen LogP contribution in [0.15, 0.2) is 18.2 Å². The Balaban J connectivity index is 1.43. The Kier molecular flexibility index (Phi) is 6.32. The zero-order valence-corrected chi connectivity index (χ0v) is 17.9. The molecule has 1 unspecified atom stereocenters. The second-order valence-corrected chi connectivity index (χ2v) is 8.79. The van der Waals surface area contributed by atoms with Crippen molar-refractivity contribution in [2.24, 2.45) is 11.7 Å². The molecule has 1 aliphatic heterocycles. The van der Waals surface area contributed by atoms with Crippen molar-refractivity contribution in [3.05, 3.63) is 40.6 Å². The molecule has 0 saturated carbocycles. The number of rotatable bonds is 6. The summed E-state index contributed by atoms with van der Waals surface area (Å²) >= 11 is 0. The fraction of sp³-hybridized carbons (Fsp3) is 0.542. The number of primary amides is 1. The molecule has 0 bridgehead atoms. The number of nitrogens with zero attached hydrogens (tertiary/aromatic N) is 2. The predicted molar refractivity (Wildman–Crippen MR) is 118 cm³/mol. The Hall–Kier alpha value is -2.47. The van der Waals surface area contributed by atoms with Gasteiger partial charge in [0.15, 0.2) is 0 Å². The molecule has 160 valence electrons. The molecular formula is C24H32N4O2. The number of nitrogens with one attached hydrogen (secondary N) is 1. The Morgan fingerprint density at radius 1 is 1.23 bits per heavy atom. The van der Waals surface area contributed by atoms with Gasteiger partial charge in [-0.25, -0.2) is 0 Å². The third kappa shape index (κ3) is 4.48. The Labute approximate surface area is 178 Å². The van der Waals surface area contributed by atoms with Crippen LogP contribution in [0.2, 0.25) is 0 Å². The van der Waals surface area contributed by atoms with Gasteiger partial charge in [0.25, 0.3) is 5.91 Å². The van der Waals surface area contributed by atoms with Gasteiger partial charge >= 0.3 is 0 Å². The lowest BCUT2D eigenvalue weighted by atomic mass is 9.89. The number of carbonyl (C=O) groups excluding carboxylic acids is 2. The summed E-state index contributed by atoms with van der Waals surface area (Å²) in [6.45, 7) is 5.29. The van der Waals surface area contributed by atoms with Crippen LogP contribution in [0.4, 0.5) is 0 Å². The van der Waals surface area contributed by atoms with Crippen molar-refractivity contribution < 1.29 is 9.59 Å². The van der Waals surface area contributed by atoms with Crippen molar-refractivity contribution in [2.75, 3.05) is 26.2 Å². The summed E-state index contributed by atoms with van der Waals surface area (Å²) in [5.41, 5.74) is 10.6. The quantitative estimate of drug-likeness (QED) is 0.720. The number of fused-ring (bicyclic) bond motifs is 2. The first-order valence-electron chi connectivity index (χ1n) is 11.2. The Morgan fingerprint density at radius 3 is 2.90 bits per heavy atom. The lowest BCUT2D eigenvalue weighted by molar-refractivity contribution is -0.123. The minimum Gasteiger partial charge on any atom is -0.369 e. The normalized spacial score (nSPS) is 19.4. The molecule has 1 fully saturated rings. The summed E-state index contributed by atoms with van der Waals surface area (Å²) in [6, 6.07) is 6.18. The maximum absolute atomic E-state index is 13.2. The lowest BCUT2D eigenvalue weighted by Crippen LogP contribution is -2.42. The van der Waals surface area contributed by atoms with Crippen LogP contribution in [0.1, 0.15) is 59.3 Å². The van der Waals surface area contributed by atoms with Gasteiger partial charge in [0.05, 0.1) is 17.0 Å². The molecule has 2 aliphatic rings. The van der Waals surface area contributed by atoms with E-state index in [4.69, 9.17) is 10.7 Å². The van der Waals surface area contributed by atoms with Crippen LogP contribution in [0.3, 0.4) is 0 Å². The minimum absolute atomic E-state index is 0.0137. The number of aromatic nitrogens is 1. The monoisotopic (exact) mass is 408 g/mol. The van der Waals surface area contributed by atoms with E-state index in [2.05, 4.69) is 29.3 Å². The molecule has 4 rings (SSSR count). The number of nitrogens with two attached hydrogens (primary N) is 1. The van der Waals surface area contributed by atoms with Gasteiger partial charge in [0.2, 0.25) is 5.91 Å². The molecular weight excluding hydrogens is 376 g/mol. The molecule has 1 aromatic carbocycles. The third-order valence-corrected chi connectivity index (χ3v) is 6.49. The first-order chi connectivity index (χ1) is 14.5. The van der Waals surface area contributed by atoms with Crippen LogP contribution < -0.4 is 11.1 Å². The van der Waals surface area contributed by atoms with Gasteiger partial charge in [-0.3, -0.25) is 14.6 Å². The van der Waals surface area contributed by atoms with Gasteiger partial charge in [0, 0.05) is 24.2 Å². The lowest BCUT2D eigenvalue weighted by Gasteiger charge is -2.31. The highest BCUT2D eigenvalue weighted by Crippen LogP contribution is 2.29. The number of benzene rings is 1. The van der Waals surface area contributed by atoms with E-state index in [1.165, 1.54) is 0 Å². The standard InChI is InChI=1S/C24H32N4O2/c1-16-9-10-21-19(14-16)22(18-7-2-3-8-20(18)27-21)24(30)26-11-5-13-28-12-4-6-17(15-28)23(25)29/h9-10,14,17H,2-8,11-13,15H2,1H3,(H2,25,29)(H,26,30). The number of piperidine rings is 1. The van der Waals surface area contributed by atoms with Gasteiger partial charge < -0.3 is 16.0 Å². The summed E-state index contributed by atoms with van der Waals surface area (Å²) in [5, 5.41) is 4.12. The van der Waals surface area contributed by atoms with Crippen LogP contribution in [-0.4, -0.2) is 47.9 Å². The molecule has 1 saturated heterocycles. The second-order valence-electron chi connectivity index (χ2n) is 8.79. The topological polar surface area (TPSA) is 88.3 Å². The van der Waals surface area contributed by atoms with E-state index in [0.29, 0.717) is 6.54 Å². The summed E-state index contributed by atoms with van der Waals surface area (Å²) in [4.78, 5) is 31.8. The second kappa shape index (κ2) is 9.13. The van der Waals surface area contributed by atoms with Gasteiger partial charge in [-0.1, -0.05) is 11.6 Å². The largest absolute Gasteiger partial charge is 0.369 e. The molecule has 6 heteroatoms. The molecule has 1 aromatic heterocycles. The van der Waals surface area contributed by atoms with Gasteiger partial charge in [0.1, 0.15) is 0 Å². The van der Waals surface area contributed by atoms with E-state index < -0.39 is 0 Å². The van der Waals surface area contributed by atoms with E-state index in [1.54, 1.807) is 0 Å². The summed E-state index contributed by atoms with van der Waals surface area (Å²) in [7, 11) is 0. The van der Waals surface area contributed by atoms with Crippen LogP contribution in [-0.2, 0) is 17.6 Å². The number of carbonyl (C=O) groups is 2. The molecule has 0 radical (unpaired) electrons. The molecule has 3 N–H and O–H groups in total. The Bertz CT molecular complexity index is 956. The molecule has 2 heterocycles. The summed E-state index contributed by atoms with van der Waals surface area (Å²) < 4.78 is 0. The number of hydrogen-bond acceptors (Lipinski definition) is 4. The smallest absolute Gasteiger partial charge is 0.252 e. The van der Waals surface area contributed by atoms with Crippen molar-refractivity contribution in [1.82, 2.24) is 15.2 Å². The fourth-order valence-electron chi connectivity index (χ4n) is 4.88. The van der Waals surface area contributed by atoms with Crippen molar-refractivity contribution in [2.45, 2.75) is 51.9 Å². The van der Waals surface area contributed by atoms with Crippen LogP contribution in [0.25, 0.3) is 10.9 Å². The first-order valence-corrected chi connectivity index (χ1v) is 11.2. The highest BCUT2D eigenvalue weighted by molar-refractivity contribution is 6.08. The number of aryl methyl sites for hydroxylation is 2. The zero-order chi connectivity index (χ0) is 21.1. The molecule has 0 spiro atoms. The van der Waals surface area contributed by atoms with Gasteiger partial charge in [-0.2, -0.15) is 0 Å². The average Bonchev–Trinajstić information content (AvgIpc) is 2.75. The molecule has 6 nitrogen and oxygen atoms in total. The molecule has 2 aromatic rings. The van der Waals surface area contributed by atoms with Crippen molar-refractivity contribution in [1.29, 1.82) is 0 Å². The van der Waals surface area contributed by atoms with E-state index in [9.17, 15) is 9.59 Å². The third-order valence-electron chi connectivity index (χ3n) is 6.49. The molecule has 1 atom stereocenters.